The first-order valence-corrected chi connectivity index (χ1v) is 12.4. The number of aliphatic hydroxyl groups excluding tert-OH is 1. The van der Waals surface area contributed by atoms with Crippen LogP contribution in [0.2, 0.25) is 5.02 Å². The van der Waals surface area contributed by atoms with Crippen molar-refractivity contribution in [1.82, 2.24) is 0 Å². The molecule has 0 saturated carbocycles. The van der Waals surface area contributed by atoms with Crippen LogP contribution in [-0.4, -0.2) is 67.1 Å². The molecule has 0 spiro atoms. The number of halogens is 1. The highest BCUT2D eigenvalue weighted by Gasteiger charge is 2.49. The summed E-state index contributed by atoms with van der Waals surface area (Å²) >= 11 is 6.49. The molecule has 0 aliphatic carbocycles. The van der Waals surface area contributed by atoms with Crippen molar-refractivity contribution >= 4 is 29.3 Å². The molecule has 10 heteroatoms. The number of ketones is 1. The summed E-state index contributed by atoms with van der Waals surface area (Å²) in [6.07, 6.45) is -3.50. The Bertz CT molecular complexity index is 1130. The molecule has 1 N–H and O–H groups in total. The Kier molecular flexibility index (Phi) is 8.81. The Morgan fingerprint density at radius 1 is 1.05 bits per heavy atom. The van der Waals surface area contributed by atoms with Crippen LogP contribution in [0.4, 0.5) is 0 Å². The molecule has 2 aliphatic rings. The number of hydrogen-bond acceptors (Lipinski definition) is 9. The molecule has 0 radical (unpaired) electrons. The van der Waals surface area contributed by atoms with Gasteiger partial charge in [-0.15, -0.1) is 0 Å². The van der Waals surface area contributed by atoms with Crippen molar-refractivity contribution in [3.8, 4) is 5.75 Å². The molecular weight excluding hydrogens is 504 g/mol. The summed E-state index contributed by atoms with van der Waals surface area (Å²) in [6.45, 7) is 3.03. The maximum Gasteiger partial charge on any atom is 0.303 e. The Hall–Kier alpha value is -2.98. The predicted octanol–water partition coefficient (Wildman–Crippen LogP) is 2.96. The number of rotatable bonds is 8. The van der Waals surface area contributed by atoms with Crippen molar-refractivity contribution in [3.05, 3.63) is 64.2 Å². The van der Waals surface area contributed by atoms with E-state index in [1.165, 1.54) is 6.92 Å². The fourth-order valence-corrected chi connectivity index (χ4v) is 4.62. The van der Waals surface area contributed by atoms with Gasteiger partial charge in [0, 0.05) is 25.3 Å². The smallest absolute Gasteiger partial charge is 0.303 e. The van der Waals surface area contributed by atoms with Gasteiger partial charge in [0.15, 0.2) is 12.2 Å². The van der Waals surface area contributed by atoms with E-state index in [1.807, 2.05) is 24.3 Å². The van der Waals surface area contributed by atoms with E-state index in [2.05, 4.69) is 0 Å². The van der Waals surface area contributed by atoms with E-state index in [1.54, 1.807) is 18.2 Å². The summed E-state index contributed by atoms with van der Waals surface area (Å²) in [6, 6.07) is 12.8. The van der Waals surface area contributed by atoms with Gasteiger partial charge in [-0.05, 0) is 41.3 Å². The highest BCUT2D eigenvalue weighted by Crippen LogP contribution is 2.35. The van der Waals surface area contributed by atoms with E-state index >= 15 is 0 Å². The van der Waals surface area contributed by atoms with E-state index in [4.69, 9.17) is 35.3 Å². The molecule has 9 nitrogen and oxygen atoms in total. The maximum atomic E-state index is 13.2. The van der Waals surface area contributed by atoms with Crippen molar-refractivity contribution in [2.75, 3.05) is 19.8 Å². The van der Waals surface area contributed by atoms with Crippen molar-refractivity contribution in [2.24, 2.45) is 0 Å². The predicted molar refractivity (Wildman–Crippen MR) is 131 cm³/mol. The molecule has 2 aromatic carbocycles. The number of aliphatic hydroxyl groups is 1. The zero-order valence-corrected chi connectivity index (χ0v) is 21.3. The number of carbonyl (C=O) groups excluding carboxylic acids is 3. The van der Waals surface area contributed by atoms with E-state index in [0.717, 1.165) is 30.2 Å². The molecule has 0 bridgehead atoms. The molecule has 0 aromatic heterocycles. The first-order valence-electron chi connectivity index (χ1n) is 12.0. The molecular formula is C27H29ClO9. The number of esters is 2. The van der Waals surface area contributed by atoms with Gasteiger partial charge in [-0.2, -0.15) is 0 Å². The molecule has 2 fully saturated rings. The van der Waals surface area contributed by atoms with Crippen LogP contribution in [0.5, 0.6) is 5.75 Å². The lowest BCUT2D eigenvalue weighted by Gasteiger charge is -2.38. The lowest BCUT2D eigenvalue weighted by molar-refractivity contribution is -0.207. The van der Waals surface area contributed by atoms with Gasteiger partial charge in [-0.25, -0.2) is 0 Å². The SMILES string of the molecule is CC(=O)OC1C(=O)[C@@H](OC(C)=O)[C@@H](CO)O[C@H]1c1ccc(Cl)c(Cc2ccc(O[C@H]3CCOC3)cc2)c1. The van der Waals surface area contributed by atoms with Gasteiger partial charge in [0.05, 0.1) is 19.8 Å². The van der Waals surface area contributed by atoms with Crippen molar-refractivity contribution in [2.45, 2.75) is 57.2 Å². The average molecular weight is 533 g/mol. The quantitative estimate of drug-likeness (QED) is 0.512. The van der Waals surface area contributed by atoms with Crippen molar-refractivity contribution < 1.29 is 43.2 Å². The minimum absolute atomic E-state index is 0.0588. The third-order valence-corrected chi connectivity index (χ3v) is 6.54. The number of carbonyl (C=O) groups is 3. The molecule has 2 saturated heterocycles. The Balaban J connectivity index is 1.56. The van der Waals surface area contributed by atoms with E-state index in [9.17, 15) is 19.5 Å². The largest absolute Gasteiger partial charge is 0.488 e. The Morgan fingerprint density at radius 3 is 2.38 bits per heavy atom. The van der Waals surface area contributed by atoms with E-state index in [0.29, 0.717) is 30.2 Å². The summed E-state index contributed by atoms with van der Waals surface area (Å²) < 4.78 is 27.6. The second-order valence-corrected chi connectivity index (χ2v) is 9.42. The third kappa shape index (κ3) is 6.67. The number of Topliss-reactive ketones (excluding diaryl/α,β-unsaturated/α-hetero) is 1. The lowest BCUT2D eigenvalue weighted by Crippen LogP contribution is -2.55. The van der Waals surface area contributed by atoms with Gasteiger partial charge in [-0.1, -0.05) is 35.9 Å². The van der Waals surface area contributed by atoms with Gasteiger partial charge >= 0.3 is 11.9 Å². The maximum absolute atomic E-state index is 13.2. The lowest BCUT2D eigenvalue weighted by atomic mass is 9.90. The summed E-state index contributed by atoms with van der Waals surface area (Å²) in [7, 11) is 0. The van der Waals surface area contributed by atoms with E-state index in [-0.39, 0.29) is 6.10 Å². The molecule has 4 rings (SSSR count). The Morgan fingerprint density at radius 2 is 1.76 bits per heavy atom. The standard InChI is InChI=1S/C27H29ClO9/c1-15(30)34-26-23(13-29)37-25(27(24(26)32)35-16(2)31)18-5-8-22(28)19(12-18)11-17-3-6-20(7-4-17)36-21-9-10-33-14-21/h3-8,12,21,23,25-27,29H,9-11,13-14H2,1-2H3/t21-,23+,25-,26-,27?/m0/s1. The van der Waals surface area contributed by atoms with Crippen LogP contribution in [0.1, 0.15) is 43.1 Å². The number of ether oxygens (including phenoxy) is 5. The molecule has 2 heterocycles. The van der Waals surface area contributed by atoms with Crippen LogP contribution in [0.3, 0.4) is 0 Å². The second kappa shape index (κ2) is 12.0. The molecule has 5 atom stereocenters. The number of benzene rings is 2. The van der Waals surface area contributed by atoms with Gasteiger partial charge in [0.25, 0.3) is 0 Å². The summed E-state index contributed by atoms with van der Waals surface area (Å²) in [4.78, 5) is 36.5. The van der Waals surface area contributed by atoms with Gasteiger partial charge < -0.3 is 28.8 Å². The Labute approximate surface area is 219 Å². The van der Waals surface area contributed by atoms with Crippen LogP contribution in [0.25, 0.3) is 0 Å². The molecule has 0 amide bonds. The first-order chi connectivity index (χ1) is 17.7. The van der Waals surface area contributed by atoms with Gasteiger partial charge in [-0.3, -0.25) is 14.4 Å². The summed E-state index contributed by atoms with van der Waals surface area (Å²) in [5.74, 6) is -1.32. The molecule has 37 heavy (non-hydrogen) atoms. The molecule has 198 valence electrons. The monoisotopic (exact) mass is 532 g/mol. The topological polar surface area (TPSA) is 118 Å². The van der Waals surface area contributed by atoms with Crippen molar-refractivity contribution in [1.29, 1.82) is 0 Å². The highest BCUT2D eigenvalue weighted by atomic mass is 35.5. The first kappa shape index (κ1) is 27.1. The van der Waals surface area contributed by atoms with Crippen LogP contribution >= 0.6 is 11.6 Å². The average Bonchev–Trinajstić information content (AvgIpc) is 3.37. The van der Waals surface area contributed by atoms with Gasteiger partial charge in [0.1, 0.15) is 24.1 Å². The second-order valence-electron chi connectivity index (χ2n) is 9.02. The fourth-order valence-electron chi connectivity index (χ4n) is 4.44. The third-order valence-electron chi connectivity index (χ3n) is 6.17. The summed E-state index contributed by atoms with van der Waals surface area (Å²) in [5, 5.41) is 10.3. The van der Waals surface area contributed by atoms with E-state index < -0.39 is 48.7 Å². The normalized spacial score (nSPS) is 25.5. The van der Waals surface area contributed by atoms with Crippen LogP contribution in [-0.2, 0) is 39.8 Å². The zero-order chi connectivity index (χ0) is 26.5. The zero-order valence-electron chi connectivity index (χ0n) is 20.6. The fraction of sp³-hybridized carbons (Fsp3) is 0.444. The molecule has 2 aliphatic heterocycles. The number of hydrogen-bond donors (Lipinski definition) is 1. The molecule has 1 unspecified atom stereocenters. The van der Waals surface area contributed by atoms with Crippen LogP contribution in [0.15, 0.2) is 42.5 Å². The minimum Gasteiger partial charge on any atom is -0.488 e. The molecule has 2 aromatic rings. The van der Waals surface area contributed by atoms with Crippen molar-refractivity contribution in [3.63, 3.8) is 0 Å². The summed E-state index contributed by atoms with van der Waals surface area (Å²) in [5.41, 5.74) is 2.27. The highest BCUT2D eigenvalue weighted by molar-refractivity contribution is 6.31. The van der Waals surface area contributed by atoms with Crippen LogP contribution < -0.4 is 4.74 Å². The minimum atomic E-state index is -1.40. The van der Waals surface area contributed by atoms with Gasteiger partial charge in [0.2, 0.25) is 5.78 Å². The van der Waals surface area contributed by atoms with Crippen LogP contribution in [0, 0.1) is 0 Å².